The number of rotatable bonds is 10. The van der Waals surface area contributed by atoms with Crippen molar-refractivity contribution < 1.29 is 83.6 Å². The first kappa shape index (κ1) is 47.4. The molecule has 4 aromatic carbocycles. The maximum absolute atomic E-state index is 12.6. The first-order chi connectivity index (χ1) is 26.4. The van der Waals surface area contributed by atoms with Gasteiger partial charge >= 0.3 is 46.3 Å². The molecule has 22 heteroatoms. The second kappa shape index (κ2) is 19.7. The van der Waals surface area contributed by atoms with Crippen LogP contribution in [-0.4, -0.2) is 50.5 Å². The number of hydrogen-bond donors (Lipinski definition) is 2. The Morgan fingerprint density at radius 3 is 1.17 bits per heavy atom. The Balaban J connectivity index is 0.000000300. The Morgan fingerprint density at radius 1 is 0.534 bits per heavy atom. The molecular formula is C36H34CoN10NaO8S2. The molecule has 0 atom stereocenters. The predicted molar refractivity (Wildman–Crippen MR) is 198 cm³/mol. The van der Waals surface area contributed by atoms with Gasteiger partial charge in [-0.3, -0.25) is 0 Å². The fraction of sp³-hybridized carbons (Fsp3) is 0.167. The van der Waals surface area contributed by atoms with Crippen molar-refractivity contribution in [2.24, 2.45) is 20.5 Å². The summed E-state index contributed by atoms with van der Waals surface area (Å²) in [6.45, 7) is 7.05. The van der Waals surface area contributed by atoms with E-state index in [1.54, 1.807) is 38.1 Å². The molecule has 58 heavy (non-hydrogen) atoms. The maximum atomic E-state index is 12.6. The monoisotopic (exact) mass is 880 g/mol. The molecule has 0 aliphatic rings. The molecule has 0 fully saturated rings. The maximum Gasteiger partial charge on any atom is 3.00 e. The third kappa shape index (κ3) is 10.7. The van der Waals surface area contributed by atoms with E-state index in [-0.39, 0.29) is 78.9 Å². The zero-order valence-corrected chi connectivity index (χ0v) is 36.8. The van der Waals surface area contributed by atoms with Crippen molar-refractivity contribution in [2.45, 2.75) is 37.5 Å². The topological polar surface area (TPSA) is 270 Å². The summed E-state index contributed by atoms with van der Waals surface area (Å²) in [4.78, 5) is -0.254. The summed E-state index contributed by atoms with van der Waals surface area (Å²) in [6, 6.07) is 21.1. The van der Waals surface area contributed by atoms with Gasteiger partial charge < -0.3 is 20.4 Å². The largest absolute Gasteiger partial charge is 3.00 e. The number of nitrogens with one attached hydrogen (secondary N) is 2. The molecular weight excluding hydrogens is 847 g/mol. The zero-order valence-electron chi connectivity index (χ0n) is 32.1. The number of aryl methyl sites for hydroxylation is 4. The van der Waals surface area contributed by atoms with Gasteiger partial charge in [-0.2, -0.15) is 20.4 Å². The van der Waals surface area contributed by atoms with Crippen LogP contribution < -0.4 is 59.4 Å². The average molecular weight is 881 g/mol. The van der Waals surface area contributed by atoms with Crippen molar-refractivity contribution in [1.29, 1.82) is 0 Å². The Labute approximate surface area is 367 Å². The molecule has 18 nitrogen and oxygen atoms in total. The van der Waals surface area contributed by atoms with Gasteiger partial charge in [0.1, 0.15) is 11.4 Å². The Hall–Kier alpha value is -4.97. The predicted octanol–water partition coefficient (Wildman–Crippen LogP) is 0.921. The van der Waals surface area contributed by atoms with Gasteiger partial charge in [-0.05, 0) is 90.3 Å². The van der Waals surface area contributed by atoms with Gasteiger partial charge in [-0.25, -0.2) is 35.6 Å². The number of azo groups is 2. The smallest absolute Gasteiger partial charge is 0.871 e. The van der Waals surface area contributed by atoms with Crippen LogP contribution in [0, 0.1) is 27.7 Å². The normalized spacial score (nSPS) is 11.6. The molecule has 0 aliphatic heterocycles. The summed E-state index contributed by atoms with van der Waals surface area (Å²) in [5.74, 6) is -2.02. The summed E-state index contributed by atoms with van der Waals surface area (Å²) >= 11 is 0. The second-order valence-electron chi connectivity index (χ2n) is 12.0. The first-order valence-corrected chi connectivity index (χ1v) is 19.4. The third-order valence-electron chi connectivity index (χ3n) is 8.07. The molecule has 6 aromatic rings. The zero-order chi connectivity index (χ0) is 40.9. The number of benzene rings is 4. The molecule has 0 bridgehead atoms. The summed E-state index contributed by atoms with van der Waals surface area (Å²) in [6.07, 6.45) is 0. The van der Waals surface area contributed by atoms with Crippen LogP contribution in [0.5, 0.6) is 23.3 Å². The minimum absolute atomic E-state index is 0. The van der Waals surface area contributed by atoms with E-state index in [0.717, 1.165) is 35.4 Å². The van der Waals surface area contributed by atoms with Crippen molar-refractivity contribution in [1.82, 2.24) is 29.0 Å². The van der Waals surface area contributed by atoms with Crippen LogP contribution >= 0.6 is 0 Å². The Bertz CT molecular complexity index is 2500. The van der Waals surface area contributed by atoms with Gasteiger partial charge in [0.2, 0.25) is 20.0 Å². The van der Waals surface area contributed by atoms with Crippen LogP contribution in [0.3, 0.4) is 0 Å². The van der Waals surface area contributed by atoms with E-state index in [0.29, 0.717) is 22.8 Å². The van der Waals surface area contributed by atoms with E-state index in [1.165, 1.54) is 35.6 Å². The number of nitrogens with zero attached hydrogens (tertiary/aromatic N) is 8. The van der Waals surface area contributed by atoms with Gasteiger partial charge in [-0.15, -0.1) is 10.2 Å². The van der Waals surface area contributed by atoms with Crippen LogP contribution in [-0.2, 0) is 36.8 Å². The van der Waals surface area contributed by atoms with E-state index in [4.69, 9.17) is 0 Å². The fourth-order valence-corrected chi connectivity index (χ4v) is 6.38. The third-order valence-corrected chi connectivity index (χ3v) is 10.9. The molecule has 6 rings (SSSR count). The number of sulfonamides is 2. The molecule has 2 aromatic heterocycles. The first-order valence-electron chi connectivity index (χ1n) is 16.5. The minimum Gasteiger partial charge on any atom is -0.871 e. The van der Waals surface area contributed by atoms with Crippen molar-refractivity contribution in [3.63, 3.8) is 0 Å². The summed E-state index contributed by atoms with van der Waals surface area (Å²) < 4.78 is 54.2. The van der Waals surface area contributed by atoms with Gasteiger partial charge in [-0.1, -0.05) is 59.0 Å². The molecule has 298 valence electrons. The van der Waals surface area contributed by atoms with Crippen LogP contribution in [0.25, 0.3) is 11.4 Å². The molecule has 0 saturated heterocycles. The van der Waals surface area contributed by atoms with E-state index in [9.17, 15) is 37.3 Å². The molecule has 0 saturated carbocycles. The van der Waals surface area contributed by atoms with Gasteiger partial charge in [0.05, 0.1) is 43.9 Å². The molecule has 2 heterocycles. The van der Waals surface area contributed by atoms with Crippen molar-refractivity contribution in [2.75, 3.05) is 14.1 Å². The van der Waals surface area contributed by atoms with Gasteiger partial charge in [0, 0.05) is 11.8 Å². The van der Waals surface area contributed by atoms with E-state index < -0.39 is 43.3 Å². The second-order valence-corrected chi connectivity index (χ2v) is 15.8. The standard InChI is InChI=1S/2C18H19N5O4S.Co.Na/c2*1-11-4-6-13(7-5-11)23-18(25)17(12(2)22-23)21-20-15-10-14(8-9-16(15)24)28(26,27)19-3;;/h2*4-10,19,24-25H,1-3H3;;/q;;+3;+1/p-4. The van der Waals surface area contributed by atoms with Crippen LogP contribution in [0.4, 0.5) is 22.7 Å². The molecule has 0 spiro atoms. The summed E-state index contributed by atoms with van der Waals surface area (Å²) in [5.41, 5.74) is 3.46. The fourth-order valence-electron chi connectivity index (χ4n) is 4.88. The summed E-state index contributed by atoms with van der Waals surface area (Å²) in [5, 5.41) is 72.8. The van der Waals surface area contributed by atoms with E-state index in [1.807, 2.05) is 38.1 Å². The van der Waals surface area contributed by atoms with Crippen molar-refractivity contribution in [3.8, 4) is 34.6 Å². The summed E-state index contributed by atoms with van der Waals surface area (Å²) in [7, 11) is -4.97. The van der Waals surface area contributed by atoms with Crippen LogP contribution in [0.15, 0.2) is 115 Å². The van der Waals surface area contributed by atoms with E-state index in [2.05, 4.69) is 40.1 Å². The molecule has 0 unspecified atom stereocenters. The Kier molecular flexibility index (Phi) is 16.1. The molecule has 0 amide bonds. The van der Waals surface area contributed by atoms with Crippen LogP contribution in [0.1, 0.15) is 22.5 Å². The number of hydrogen-bond acceptors (Lipinski definition) is 14. The van der Waals surface area contributed by atoms with E-state index >= 15 is 0 Å². The quantitative estimate of drug-likeness (QED) is 0.145. The van der Waals surface area contributed by atoms with Gasteiger partial charge in [0.25, 0.3) is 0 Å². The van der Waals surface area contributed by atoms with Crippen LogP contribution in [0.2, 0.25) is 0 Å². The average Bonchev–Trinajstić information content (AvgIpc) is 3.62. The van der Waals surface area contributed by atoms with Crippen molar-refractivity contribution >= 4 is 42.8 Å². The van der Waals surface area contributed by atoms with Crippen molar-refractivity contribution in [3.05, 3.63) is 107 Å². The molecule has 2 N–H and O–H groups in total. The Morgan fingerprint density at radius 2 is 0.862 bits per heavy atom. The molecule has 0 aliphatic carbocycles. The molecule has 0 radical (unpaired) electrons. The van der Waals surface area contributed by atoms with Gasteiger partial charge in [0.15, 0.2) is 0 Å². The number of aromatic nitrogens is 4. The minimum atomic E-state index is -3.74. The SMILES string of the molecule is CNS(=O)(=O)c1ccc([O-])c(N=Nc2c(C)nn(-c3ccc(C)cc3)c2[O-])c1.CNS(=O)(=O)c1ccc([O-])c(N=Nc2c(C)nn(-c3ccc(C)cc3)c2[O-])c1.[Co+3].[Na+].